The Morgan fingerprint density at radius 1 is 0.833 bits per heavy atom. The van der Waals surface area contributed by atoms with Gasteiger partial charge in [0.2, 0.25) is 11.5 Å². The van der Waals surface area contributed by atoms with Crippen LogP contribution in [-0.4, -0.2) is 10.1 Å². The zero-order valence-corrected chi connectivity index (χ0v) is 17.2. The normalized spacial score (nSPS) is 14.9. The molecule has 5 rings (SSSR count). The summed E-state index contributed by atoms with van der Waals surface area (Å²) in [6.45, 7) is 0. The van der Waals surface area contributed by atoms with Crippen molar-refractivity contribution in [3.05, 3.63) is 114 Å². The maximum Gasteiger partial charge on any atom is 0.353 e. The minimum Gasteiger partial charge on any atom is -0.462 e. The van der Waals surface area contributed by atoms with Gasteiger partial charge in [0.05, 0.1) is 0 Å². The fourth-order valence-electron chi connectivity index (χ4n) is 3.72. The summed E-state index contributed by atoms with van der Waals surface area (Å²) in [5.41, 5.74) is 3.08. The standard InChI is InChI=1S/C26H20N2OS/c29-26-21(16-19-10-4-1-5-11-19)17-24-25(30-22-14-8-3-9-15-22)27-23(18-28(24)26)20-12-6-2-7-13-20/h1-15,17-18,21H,16H2/p+1. The molecule has 4 aromatic rings. The molecule has 0 aliphatic carbocycles. The van der Waals surface area contributed by atoms with E-state index in [-0.39, 0.29) is 5.92 Å². The molecule has 1 aliphatic heterocycles. The Kier molecular flexibility index (Phi) is 5.08. The molecule has 1 aliphatic rings. The molecule has 0 saturated heterocycles. The summed E-state index contributed by atoms with van der Waals surface area (Å²) in [6, 6.07) is 30.6. The smallest absolute Gasteiger partial charge is 0.353 e. The summed E-state index contributed by atoms with van der Waals surface area (Å²) in [5, 5.41) is 12.9. The van der Waals surface area contributed by atoms with Crippen LogP contribution in [0, 0.1) is 11.8 Å². The van der Waals surface area contributed by atoms with E-state index in [1.54, 1.807) is 11.8 Å². The number of nitrogens with zero attached hydrogens (tertiary/aromatic N) is 2. The first-order chi connectivity index (χ1) is 14.8. The number of rotatable bonds is 5. The molecule has 0 radical (unpaired) electrons. The van der Waals surface area contributed by atoms with Crippen molar-refractivity contribution in [1.82, 2.24) is 4.98 Å². The summed E-state index contributed by atoms with van der Waals surface area (Å²) < 4.78 is 1.90. The fourth-order valence-corrected chi connectivity index (χ4v) is 4.65. The highest BCUT2D eigenvalue weighted by Crippen LogP contribution is 2.26. The van der Waals surface area contributed by atoms with Gasteiger partial charge in [-0.15, -0.1) is 4.24 Å². The van der Waals surface area contributed by atoms with E-state index in [0.717, 1.165) is 32.9 Å². The van der Waals surface area contributed by atoms with Crippen molar-refractivity contribution >= 4 is 17.8 Å². The van der Waals surface area contributed by atoms with Gasteiger partial charge in [0.25, 0.3) is 0 Å². The molecule has 1 unspecified atom stereocenters. The molecule has 0 bridgehead atoms. The Bertz CT molecular complexity index is 1290. The van der Waals surface area contributed by atoms with E-state index < -0.39 is 0 Å². The highest BCUT2D eigenvalue weighted by molar-refractivity contribution is 7.99. The molecular weight excluding hydrogens is 388 g/mol. The molecule has 3 aromatic carbocycles. The molecule has 3 nitrogen and oxygen atoms in total. The number of hydrogen-bond acceptors (Lipinski definition) is 3. The molecule has 1 aromatic heterocycles. The number of hydrogen-bond donors (Lipinski definition) is 1. The molecule has 30 heavy (non-hydrogen) atoms. The molecule has 2 heterocycles. The molecular formula is C26H21N2OS+. The van der Waals surface area contributed by atoms with Crippen LogP contribution in [0.15, 0.2) is 107 Å². The van der Waals surface area contributed by atoms with Crippen molar-refractivity contribution in [3.8, 4) is 11.3 Å². The Balaban J connectivity index is 1.63. The van der Waals surface area contributed by atoms with Crippen LogP contribution in [0.5, 0.6) is 0 Å². The maximum atomic E-state index is 11.1. The SMILES string of the molecule is OC1=[n+]2cc(-c3ccccc3)nc(Sc3ccccc3)c2=CC1Cc1ccccc1. The van der Waals surface area contributed by atoms with Gasteiger partial charge in [-0.3, -0.25) is 0 Å². The highest BCUT2D eigenvalue weighted by atomic mass is 32.2. The average Bonchev–Trinajstić information content (AvgIpc) is 3.11. The van der Waals surface area contributed by atoms with E-state index in [1.165, 1.54) is 5.56 Å². The van der Waals surface area contributed by atoms with Gasteiger partial charge in [-0.05, 0) is 24.1 Å². The van der Waals surface area contributed by atoms with Gasteiger partial charge in [-0.25, -0.2) is 4.98 Å². The second-order valence-electron chi connectivity index (χ2n) is 7.29. The lowest BCUT2D eigenvalue weighted by molar-refractivity contribution is -0.558. The number of aliphatic hydroxyl groups excluding tert-OH is 1. The van der Waals surface area contributed by atoms with Crippen molar-refractivity contribution < 1.29 is 9.35 Å². The topological polar surface area (TPSA) is 39.0 Å². The number of aromatic nitrogens is 2. The molecule has 0 fully saturated rings. The Labute approximate surface area is 179 Å². The maximum absolute atomic E-state index is 11.1. The van der Waals surface area contributed by atoms with Crippen LogP contribution in [0.2, 0.25) is 0 Å². The first-order valence-electron chi connectivity index (χ1n) is 9.98. The molecule has 1 N–H and O–H groups in total. The van der Waals surface area contributed by atoms with Gasteiger partial charge in [-0.1, -0.05) is 90.6 Å². The lowest BCUT2D eigenvalue weighted by Gasteiger charge is -2.03. The Hall–Kier alpha value is -3.37. The van der Waals surface area contributed by atoms with Gasteiger partial charge in [-0.2, -0.15) is 0 Å². The van der Waals surface area contributed by atoms with Gasteiger partial charge in [0.15, 0.2) is 5.03 Å². The second kappa shape index (κ2) is 8.17. The summed E-state index contributed by atoms with van der Waals surface area (Å²) in [6.07, 6.45) is 4.83. The van der Waals surface area contributed by atoms with Crippen LogP contribution < -0.4 is 9.59 Å². The molecule has 1 atom stereocenters. The minimum absolute atomic E-state index is 0.0738. The van der Waals surface area contributed by atoms with Crippen molar-refractivity contribution in [2.24, 2.45) is 5.92 Å². The predicted octanol–water partition coefficient (Wildman–Crippen LogP) is 4.74. The zero-order chi connectivity index (χ0) is 20.3. The quantitative estimate of drug-likeness (QED) is 0.484. The third-order valence-electron chi connectivity index (χ3n) is 5.22. The van der Waals surface area contributed by atoms with Crippen LogP contribution in [0.1, 0.15) is 5.56 Å². The van der Waals surface area contributed by atoms with E-state index in [0.29, 0.717) is 5.90 Å². The van der Waals surface area contributed by atoms with E-state index in [2.05, 4.69) is 30.3 Å². The van der Waals surface area contributed by atoms with Crippen molar-refractivity contribution in [1.29, 1.82) is 0 Å². The monoisotopic (exact) mass is 409 g/mol. The zero-order valence-electron chi connectivity index (χ0n) is 16.3. The van der Waals surface area contributed by atoms with Gasteiger partial charge in [0.1, 0.15) is 11.6 Å². The van der Waals surface area contributed by atoms with Gasteiger partial charge < -0.3 is 5.11 Å². The fraction of sp³-hybridized carbons (Fsp3) is 0.0769. The van der Waals surface area contributed by atoms with Gasteiger partial charge >= 0.3 is 5.90 Å². The summed E-state index contributed by atoms with van der Waals surface area (Å²) in [5.74, 6) is 0.277. The van der Waals surface area contributed by atoms with Gasteiger partial charge in [0, 0.05) is 16.5 Å². The van der Waals surface area contributed by atoms with Crippen LogP contribution in [0.25, 0.3) is 17.3 Å². The van der Waals surface area contributed by atoms with Crippen LogP contribution in [0.3, 0.4) is 0 Å². The van der Waals surface area contributed by atoms with Crippen LogP contribution in [0.4, 0.5) is 0 Å². The molecule has 4 heteroatoms. The third-order valence-corrected chi connectivity index (χ3v) is 6.22. The predicted molar refractivity (Wildman–Crippen MR) is 119 cm³/mol. The Morgan fingerprint density at radius 3 is 2.17 bits per heavy atom. The highest BCUT2D eigenvalue weighted by Gasteiger charge is 2.30. The van der Waals surface area contributed by atoms with E-state index in [9.17, 15) is 5.11 Å². The van der Waals surface area contributed by atoms with Crippen LogP contribution in [-0.2, 0) is 6.42 Å². The average molecular weight is 410 g/mol. The Morgan fingerprint density at radius 2 is 1.47 bits per heavy atom. The van der Waals surface area contributed by atoms with Crippen LogP contribution >= 0.6 is 11.8 Å². The number of fused-ring (bicyclic) bond motifs is 1. The molecule has 0 spiro atoms. The van der Waals surface area contributed by atoms with E-state index in [4.69, 9.17) is 4.98 Å². The summed E-state index contributed by atoms with van der Waals surface area (Å²) in [4.78, 5) is 6.09. The third kappa shape index (κ3) is 3.74. The van der Waals surface area contributed by atoms with Crippen molar-refractivity contribution in [2.75, 3.05) is 0 Å². The van der Waals surface area contributed by atoms with Crippen molar-refractivity contribution in [3.63, 3.8) is 0 Å². The first-order valence-corrected chi connectivity index (χ1v) is 10.8. The molecule has 0 amide bonds. The molecule has 0 saturated carbocycles. The number of benzene rings is 3. The van der Waals surface area contributed by atoms with E-state index in [1.807, 2.05) is 77.2 Å². The first kappa shape index (κ1) is 18.6. The largest absolute Gasteiger partial charge is 0.462 e. The molecule has 146 valence electrons. The summed E-state index contributed by atoms with van der Waals surface area (Å²) in [7, 11) is 0. The number of aliphatic hydroxyl groups is 1. The lowest BCUT2D eigenvalue weighted by Crippen LogP contribution is -2.39. The second-order valence-corrected chi connectivity index (χ2v) is 8.35. The summed E-state index contributed by atoms with van der Waals surface area (Å²) >= 11 is 1.62. The van der Waals surface area contributed by atoms with E-state index >= 15 is 0 Å². The minimum atomic E-state index is -0.0738. The van der Waals surface area contributed by atoms with Crippen molar-refractivity contribution in [2.45, 2.75) is 16.3 Å². The lowest BCUT2D eigenvalue weighted by atomic mass is 10.00.